The van der Waals surface area contributed by atoms with Gasteiger partial charge in [0.1, 0.15) is 14.8 Å². The molecule has 0 rings (SSSR count). The van der Waals surface area contributed by atoms with E-state index in [9.17, 15) is 9.59 Å². The Balaban J connectivity index is 4.04. The van der Waals surface area contributed by atoms with Crippen molar-refractivity contribution in [2.75, 3.05) is 6.61 Å². The average molecular weight is 416 g/mol. The van der Waals surface area contributed by atoms with E-state index in [0.717, 1.165) is 6.42 Å². The van der Waals surface area contributed by atoms with Gasteiger partial charge in [-0.1, -0.05) is 38.8 Å². The van der Waals surface area contributed by atoms with E-state index in [1.807, 2.05) is 6.92 Å². The first-order chi connectivity index (χ1) is 8.98. The zero-order chi connectivity index (χ0) is 16.0. The molecule has 0 heterocycles. The second-order valence-corrected chi connectivity index (χ2v) is 9.62. The Morgan fingerprint density at radius 3 is 1.95 bits per heavy atom. The number of hydrogen-bond acceptors (Lipinski definition) is 4. The van der Waals surface area contributed by atoms with Crippen LogP contribution in [-0.4, -0.2) is 33.3 Å². The fourth-order valence-corrected chi connectivity index (χ4v) is 1.49. The fraction of sp³-hybridized carbons (Fsp3) is 0.857. The highest BCUT2D eigenvalue weighted by atomic mass is 79.9. The van der Waals surface area contributed by atoms with Crippen LogP contribution < -0.4 is 0 Å². The van der Waals surface area contributed by atoms with Crippen molar-refractivity contribution in [3.05, 3.63) is 0 Å². The van der Waals surface area contributed by atoms with Gasteiger partial charge in [-0.05, 0) is 47.0 Å². The summed E-state index contributed by atoms with van der Waals surface area (Å²) in [5.41, 5.74) is 0. The third kappa shape index (κ3) is 8.25. The molecular formula is C14H24Br2O4. The molecule has 0 spiro atoms. The smallest absolute Gasteiger partial charge is 0.322 e. The van der Waals surface area contributed by atoms with Crippen LogP contribution in [0.25, 0.3) is 0 Å². The second-order valence-electron chi connectivity index (χ2n) is 5.66. The maximum atomic E-state index is 11.7. The predicted octanol–water partition coefficient (Wildman–Crippen LogP) is 3.98. The molecule has 118 valence electrons. The lowest BCUT2D eigenvalue weighted by molar-refractivity contribution is -0.152. The number of alkyl halides is 2. The Hall–Kier alpha value is -0.100. The molecule has 0 aromatic rings. The lowest BCUT2D eigenvalue weighted by Gasteiger charge is -2.21. The number of hydrogen-bond donors (Lipinski definition) is 0. The molecule has 0 bridgehead atoms. The van der Waals surface area contributed by atoms with E-state index < -0.39 is 8.65 Å². The molecule has 0 saturated heterocycles. The van der Waals surface area contributed by atoms with Gasteiger partial charge in [0.05, 0.1) is 6.61 Å². The summed E-state index contributed by atoms with van der Waals surface area (Å²) >= 11 is 6.52. The average Bonchev–Trinajstić information content (AvgIpc) is 2.29. The molecule has 0 amide bonds. The van der Waals surface area contributed by atoms with Gasteiger partial charge in [0.15, 0.2) is 0 Å². The van der Waals surface area contributed by atoms with Gasteiger partial charge in [-0.2, -0.15) is 0 Å². The van der Waals surface area contributed by atoms with Crippen molar-refractivity contribution in [1.82, 2.24) is 0 Å². The van der Waals surface area contributed by atoms with Gasteiger partial charge in [-0.3, -0.25) is 9.59 Å². The molecule has 0 radical (unpaired) electrons. The van der Waals surface area contributed by atoms with Crippen LogP contribution in [0.5, 0.6) is 0 Å². The van der Waals surface area contributed by atoms with Crippen LogP contribution in [-0.2, 0) is 19.1 Å². The Morgan fingerprint density at radius 1 is 1.05 bits per heavy atom. The SMILES string of the molecule is CCC(CCCOC(=O)C(C)(C)Br)OC(=O)C(C)(C)Br. The minimum atomic E-state index is -0.674. The van der Waals surface area contributed by atoms with Crippen LogP contribution in [0.15, 0.2) is 0 Å². The van der Waals surface area contributed by atoms with Crippen molar-refractivity contribution < 1.29 is 19.1 Å². The van der Waals surface area contributed by atoms with Crippen LogP contribution in [0.3, 0.4) is 0 Å². The third-order valence-corrected chi connectivity index (χ3v) is 3.25. The molecule has 0 fully saturated rings. The first kappa shape index (κ1) is 19.9. The Bertz CT molecular complexity index is 329. The standard InChI is InChI=1S/C14H24Br2O4/c1-6-10(20-12(18)14(4,5)16)8-7-9-19-11(17)13(2,3)15/h10H,6-9H2,1-5H3. The molecule has 1 unspecified atom stereocenters. The highest BCUT2D eigenvalue weighted by Crippen LogP contribution is 2.21. The van der Waals surface area contributed by atoms with Crippen molar-refractivity contribution in [2.24, 2.45) is 0 Å². The van der Waals surface area contributed by atoms with E-state index in [0.29, 0.717) is 19.4 Å². The van der Waals surface area contributed by atoms with Crippen molar-refractivity contribution >= 4 is 43.8 Å². The van der Waals surface area contributed by atoms with E-state index in [-0.39, 0.29) is 18.0 Å². The zero-order valence-electron chi connectivity index (χ0n) is 12.8. The topological polar surface area (TPSA) is 52.6 Å². The maximum absolute atomic E-state index is 11.7. The number of rotatable bonds is 8. The van der Waals surface area contributed by atoms with Crippen LogP contribution in [0.4, 0.5) is 0 Å². The Kier molecular flexibility index (Phi) is 8.33. The van der Waals surface area contributed by atoms with Gasteiger partial charge in [0.2, 0.25) is 0 Å². The minimum Gasteiger partial charge on any atom is -0.465 e. The van der Waals surface area contributed by atoms with Crippen LogP contribution in [0.2, 0.25) is 0 Å². The minimum absolute atomic E-state index is 0.144. The van der Waals surface area contributed by atoms with E-state index in [1.54, 1.807) is 27.7 Å². The first-order valence-electron chi connectivity index (χ1n) is 6.74. The van der Waals surface area contributed by atoms with Gasteiger partial charge in [0, 0.05) is 0 Å². The first-order valence-corrected chi connectivity index (χ1v) is 8.33. The normalized spacial score (nSPS) is 13.8. The highest BCUT2D eigenvalue weighted by molar-refractivity contribution is 9.10. The quantitative estimate of drug-likeness (QED) is 0.341. The van der Waals surface area contributed by atoms with Gasteiger partial charge >= 0.3 is 11.9 Å². The molecule has 0 aromatic heterocycles. The molecule has 20 heavy (non-hydrogen) atoms. The molecule has 0 N–H and O–H groups in total. The van der Waals surface area contributed by atoms with E-state index in [2.05, 4.69) is 31.9 Å². The summed E-state index contributed by atoms with van der Waals surface area (Å²) in [5.74, 6) is -0.563. The number of carbonyl (C=O) groups excluding carboxylic acids is 2. The molecule has 6 heteroatoms. The number of carbonyl (C=O) groups is 2. The van der Waals surface area contributed by atoms with E-state index >= 15 is 0 Å². The molecule has 0 aromatic carbocycles. The van der Waals surface area contributed by atoms with Crippen LogP contribution in [0, 0.1) is 0 Å². The molecule has 4 nitrogen and oxygen atoms in total. The number of esters is 2. The van der Waals surface area contributed by atoms with Gasteiger partial charge in [-0.15, -0.1) is 0 Å². The summed E-state index contributed by atoms with van der Waals surface area (Å²) in [6.07, 6.45) is 1.95. The Labute approximate surface area is 138 Å². The molecule has 0 aliphatic heterocycles. The van der Waals surface area contributed by atoms with E-state index in [4.69, 9.17) is 9.47 Å². The number of ether oxygens (including phenoxy) is 2. The molecule has 1 atom stereocenters. The predicted molar refractivity (Wildman–Crippen MR) is 86.4 cm³/mol. The summed E-state index contributed by atoms with van der Waals surface area (Å²) in [7, 11) is 0. The Morgan fingerprint density at radius 2 is 1.55 bits per heavy atom. The largest absolute Gasteiger partial charge is 0.465 e. The van der Waals surface area contributed by atoms with E-state index in [1.165, 1.54) is 0 Å². The summed E-state index contributed by atoms with van der Waals surface area (Å²) in [5, 5.41) is 0. The highest BCUT2D eigenvalue weighted by Gasteiger charge is 2.28. The summed E-state index contributed by atoms with van der Waals surface area (Å²) in [6, 6.07) is 0. The second kappa shape index (κ2) is 8.37. The third-order valence-electron chi connectivity index (χ3n) is 2.60. The lowest BCUT2D eigenvalue weighted by atomic mass is 10.1. The maximum Gasteiger partial charge on any atom is 0.322 e. The van der Waals surface area contributed by atoms with Crippen LogP contribution >= 0.6 is 31.9 Å². The van der Waals surface area contributed by atoms with Crippen LogP contribution in [0.1, 0.15) is 53.9 Å². The van der Waals surface area contributed by atoms with Gasteiger partial charge < -0.3 is 9.47 Å². The summed E-state index contributed by atoms with van der Waals surface area (Å²) in [6.45, 7) is 9.28. The number of halogens is 2. The van der Waals surface area contributed by atoms with Gasteiger partial charge in [-0.25, -0.2) is 0 Å². The molecule has 0 aliphatic carbocycles. The molecule has 0 aliphatic rings. The van der Waals surface area contributed by atoms with Crippen molar-refractivity contribution in [1.29, 1.82) is 0 Å². The summed E-state index contributed by atoms with van der Waals surface area (Å²) < 4.78 is 9.20. The summed E-state index contributed by atoms with van der Waals surface area (Å²) in [4.78, 5) is 23.3. The molecular weight excluding hydrogens is 392 g/mol. The lowest BCUT2D eigenvalue weighted by Crippen LogP contribution is -2.31. The van der Waals surface area contributed by atoms with Gasteiger partial charge in [0.25, 0.3) is 0 Å². The van der Waals surface area contributed by atoms with Crippen molar-refractivity contribution in [2.45, 2.75) is 68.6 Å². The monoisotopic (exact) mass is 414 g/mol. The molecule has 0 saturated carbocycles. The van der Waals surface area contributed by atoms with Crippen molar-refractivity contribution in [3.63, 3.8) is 0 Å². The van der Waals surface area contributed by atoms with Crippen molar-refractivity contribution in [3.8, 4) is 0 Å². The zero-order valence-corrected chi connectivity index (χ0v) is 16.0. The fourth-order valence-electron chi connectivity index (χ4n) is 1.29.